The van der Waals surface area contributed by atoms with Crippen LogP contribution in [-0.2, 0) is 11.3 Å². The van der Waals surface area contributed by atoms with E-state index in [4.69, 9.17) is 9.47 Å². The molecule has 1 aromatic rings. The van der Waals surface area contributed by atoms with Gasteiger partial charge < -0.3 is 9.47 Å². The van der Waals surface area contributed by atoms with Crippen LogP contribution in [0.3, 0.4) is 0 Å². The fourth-order valence-corrected chi connectivity index (χ4v) is 1.64. The van der Waals surface area contributed by atoms with Crippen molar-refractivity contribution < 1.29 is 9.47 Å². The van der Waals surface area contributed by atoms with Gasteiger partial charge in [0.25, 0.3) is 0 Å². The highest BCUT2D eigenvalue weighted by Crippen LogP contribution is 2.09. The number of methoxy groups -OCH3 is 1. The number of pyridine rings is 1. The summed E-state index contributed by atoms with van der Waals surface area (Å²) in [4.78, 5) is 6.55. The lowest BCUT2D eigenvalue weighted by molar-refractivity contribution is 0.0341. The summed E-state index contributed by atoms with van der Waals surface area (Å²) in [6.07, 6.45) is 1.87. The van der Waals surface area contributed by atoms with Gasteiger partial charge in [-0.15, -0.1) is 0 Å². The van der Waals surface area contributed by atoms with Gasteiger partial charge in [-0.05, 0) is 5.56 Å². The maximum atomic E-state index is 5.30. The van der Waals surface area contributed by atoms with Gasteiger partial charge in [0.15, 0.2) is 0 Å². The quantitative estimate of drug-likeness (QED) is 0.740. The summed E-state index contributed by atoms with van der Waals surface area (Å²) in [6.45, 7) is 4.63. The molecule has 1 aliphatic rings. The highest BCUT2D eigenvalue weighted by molar-refractivity contribution is 5.17. The van der Waals surface area contributed by atoms with Crippen molar-refractivity contribution in [2.24, 2.45) is 0 Å². The molecule has 1 saturated heterocycles. The molecule has 4 heteroatoms. The van der Waals surface area contributed by atoms with E-state index in [1.165, 1.54) is 5.56 Å². The van der Waals surface area contributed by atoms with Crippen LogP contribution in [0.2, 0.25) is 0 Å². The number of ether oxygens (including phenoxy) is 2. The summed E-state index contributed by atoms with van der Waals surface area (Å²) in [5, 5.41) is 0. The van der Waals surface area contributed by atoms with Gasteiger partial charge in [-0.1, -0.05) is 6.07 Å². The second-order valence-electron chi connectivity index (χ2n) is 3.60. The summed E-state index contributed by atoms with van der Waals surface area (Å²) in [6, 6.07) is 3.96. The zero-order valence-electron chi connectivity index (χ0n) is 8.98. The SMILES string of the molecule is COc1ccc(CN2CCOCC2)cn1. The van der Waals surface area contributed by atoms with Crippen LogP contribution in [0.15, 0.2) is 18.3 Å². The minimum absolute atomic E-state index is 0.667. The van der Waals surface area contributed by atoms with E-state index in [0.717, 1.165) is 32.8 Å². The van der Waals surface area contributed by atoms with Crippen molar-refractivity contribution in [2.45, 2.75) is 6.54 Å². The summed E-state index contributed by atoms with van der Waals surface area (Å²) in [5.41, 5.74) is 1.22. The molecule has 0 saturated carbocycles. The molecular weight excluding hydrogens is 192 g/mol. The third-order valence-corrected chi connectivity index (χ3v) is 2.52. The zero-order chi connectivity index (χ0) is 10.5. The van der Waals surface area contributed by atoms with E-state index in [-0.39, 0.29) is 0 Å². The fourth-order valence-electron chi connectivity index (χ4n) is 1.64. The Labute approximate surface area is 89.8 Å². The standard InChI is InChI=1S/C11H16N2O2/c1-14-11-3-2-10(8-12-11)9-13-4-6-15-7-5-13/h2-3,8H,4-7,9H2,1H3. The molecule has 0 aromatic carbocycles. The van der Waals surface area contributed by atoms with Crippen molar-refractivity contribution >= 4 is 0 Å². The Morgan fingerprint density at radius 2 is 2.20 bits per heavy atom. The van der Waals surface area contributed by atoms with E-state index >= 15 is 0 Å². The lowest BCUT2D eigenvalue weighted by Gasteiger charge is -2.26. The Morgan fingerprint density at radius 1 is 1.40 bits per heavy atom. The molecule has 4 nitrogen and oxygen atoms in total. The van der Waals surface area contributed by atoms with Gasteiger partial charge in [0.2, 0.25) is 5.88 Å². The Balaban J connectivity index is 1.91. The topological polar surface area (TPSA) is 34.6 Å². The Kier molecular flexibility index (Phi) is 3.53. The second kappa shape index (κ2) is 5.09. The van der Waals surface area contributed by atoms with Crippen molar-refractivity contribution in [1.82, 2.24) is 9.88 Å². The monoisotopic (exact) mass is 208 g/mol. The first-order chi connectivity index (χ1) is 7.38. The largest absolute Gasteiger partial charge is 0.481 e. The van der Waals surface area contributed by atoms with Crippen LogP contribution in [0.25, 0.3) is 0 Å². The molecular formula is C11H16N2O2. The number of aromatic nitrogens is 1. The highest BCUT2D eigenvalue weighted by atomic mass is 16.5. The Morgan fingerprint density at radius 3 is 2.80 bits per heavy atom. The molecule has 0 bridgehead atoms. The first kappa shape index (κ1) is 10.4. The molecule has 0 aliphatic carbocycles. The number of morpholine rings is 1. The number of hydrogen-bond acceptors (Lipinski definition) is 4. The molecule has 82 valence electrons. The summed E-state index contributed by atoms with van der Waals surface area (Å²) < 4.78 is 10.3. The second-order valence-corrected chi connectivity index (χ2v) is 3.60. The van der Waals surface area contributed by atoms with Crippen LogP contribution in [0, 0.1) is 0 Å². The first-order valence-electron chi connectivity index (χ1n) is 5.17. The van der Waals surface area contributed by atoms with E-state index < -0.39 is 0 Å². The average molecular weight is 208 g/mol. The van der Waals surface area contributed by atoms with Gasteiger partial charge in [0.05, 0.1) is 20.3 Å². The molecule has 1 aromatic heterocycles. The van der Waals surface area contributed by atoms with Crippen molar-refractivity contribution in [3.63, 3.8) is 0 Å². The maximum absolute atomic E-state index is 5.30. The summed E-state index contributed by atoms with van der Waals surface area (Å²) in [7, 11) is 1.63. The predicted molar refractivity (Wildman–Crippen MR) is 56.9 cm³/mol. The molecule has 0 unspecified atom stereocenters. The predicted octanol–water partition coefficient (Wildman–Crippen LogP) is 0.922. The normalized spacial score (nSPS) is 17.7. The summed E-state index contributed by atoms with van der Waals surface area (Å²) in [5.74, 6) is 0.667. The number of nitrogens with zero attached hydrogens (tertiary/aromatic N) is 2. The maximum Gasteiger partial charge on any atom is 0.212 e. The Hall–Kier alpha value is -1.13. The zero-order valence-corrected chi connectivity index (χ0v) is 8.98. The third kappa shape index (κ3) is 2.91. The van der Waals surface area contributed by atoms with E-state index in [2.05, 4.69) is 16.0 Å². The molecule has 0 amide bonds. The van der Waals surface area contributed by atoms with Gasteiger partial charge in [-0.25, -0.2) is 4.98 Å². The molecule has 2 heterocycles. The van der Waals surface area contributed by atoms with Gasteiger partial charge >= 0.3 is 0 Å². The van der Waals surface area contributed by atoms with Gasteiger partial charge in [-0.2, -0.15) is 0 Å². The minimum Gasteiger partial charge on any atom is -0.481 e. The fraction of sp³-hybridized carbons (Fsp3) is 0.545. The van der Waals surface area contributed by atoms with Crippen LogP contribution < -0.4 is 4.74 Å². The lowest BCUT2D eigenvalue weighted by Crippen LogP contribution is -2.35. The molecule has 1 fully saturated rings. The van der Waals surface area contributed by atoms with Crippen molar-refractivity contribution in [3.8, 4) is 5.88 Å². The van der Waals surface area contributed by atoms with Crippen LogP contribution in [0.5, 0.6) is 5.88 Å². The number of hydrogen-bond donors (Lipinski definition) is 0. The first-order valence-corrected chi connectivity index (χ1v) is 5.17. The van der Waals surface area contributed by atoms with Crippen LogP contribution in [0.1, 0.15) is 5.56 Å². The summed E-state index contributed by atoms with van der Waals surface area (Å²) >= 11 is 0. The molecule has 0 N–H and O–H groups in total. The van der Waals surface area contributed by atoms with E-state index in [1.807, 2.05) is 12.3 Å². The van der Waals surface area contributed by atoms with Crippen molar-refractivity contribution in [3.05, 3.63) is 23.9 Å². The molecule has 15 heavy (non-hydrogen) atoms. The van der Waals surface area contributed by atoms with Gasteiger partial charge in [0.1, 0.15) is 0 Å². The van der Waals surface area contributed by atoms with Crippen molar-refractivity contribution in [1.29, 1.82) is 0 Å². The number of rotatable bonds is 3. The molecule has 1 aliphatic heterocycles. The van der Waals surface area contributed by atoms with Crippen molar-refractivity contribution in [2.75, 3.05) is 33.4 Å². The third-order valence-electron chi connectivity index (χ3n) is 2.52. The van der Waals surface area contributed by atoms with E-state index in [0.29, 0.717) is 5.88 Å². The van der Waals surface area contributed by atoms with Gasteiger partial charge in [0, 0.05) is 31.9 Å². The smallest absolute Gasteiger partial charge is 0.212 e. The van der Waals surface area contributed by atoms with Crippen LogP contribution in [0.4, 0.5) is 0 Å². The van der Waals surface area contributed by atoms with Crippen LogP contribution >= 0.6 is 0 Å². The molecule has 2 rings (SSSR count). The van der Waals surface area contributed by atoms with Gasteiger partial charge in [-0.3, -0.25) is 4.90 Å². The van der Waals surface area contributed by atoms with Crippen LogP contribution in [-0.4, -0.2) is 43.3 Å². The Bertz CT molecular complexity index is 294. The lowest BCUT2D eigenvalue weighted by atomic mass is 10.2. The van der Waals surface area contributed by atoms with E-state index in [1.54, 1.807) is 7.11 Å². The highest BCUT2D eigenvalue weighted by Gasteiger charge is 2.10. The minimum atomic E-state index is 0.667. The average Bonchev–Trinajstić information content (AvgIpc) is 2.31. The molecule has 0 radical (unpaired) electrons. The van der Waals surface area contributed by atoms with E-state index in [9.17, 15) is 0 Å². The molecule has 0 spiro atoms. The molecule has 0 atom stereocenters.